The number of Topliss-reactive ketones (excluding diaryl/α,β-unsaturated/α-hetero) is 1. The molecule has 3 nitrogen and oxygen atoms in total. The monoisotopic (exact) mass is 182 g/mol. The zero-order valence-corrected chi connectivity index (χ0v) is 8.22. The van der Waals surface area contributed by atoms with Crippen molar-refractivity contribution in [3.05, 3.63) is 0 Å². The summed E-state index contributed by atoms with van der Waals surface area (Å²) in [7, 11) is 1.25. The zero-order chi connectivity index (χ0) is 10.5. The standard InChI is InChI=1S/C10H14O3/c1-5-6-10(2,3)8(11)7-9(12)13-4/h1H,6-7H2,2-4H3. The molecule has 0 aliphatic rings. The number of ether oxygens (including phenoxy) is 1. The third-order valence-corrected chi connectivity index (χ3v) is 1.83. The van der Waals surface area contributed by atoms with Crippen LogP contribution in [0.3, 0.4) is 0 Å². The third kappa shape index (κ3) is 3.75. The Labute approximate surface area is 78.5 Å². The second-order valence-corrected chi connectivity index (χ2v) is 3.44. The van der Waals surface area contributed by atoms with E-state index in [0.717, 1.165) is 0 Å². The van der Waals surface area contributed by atoms with Crippen molar-refractivity contribution in [2.24, 2.45) is 5.41 Å². The molecule has 0 aromatic carbocycles. The Kier molecular flexibility index (Phi) is 4.19. The van der Waals surface area contributed by atoms with Crippen LogP contribution in [-0.2, 0) is 14.3 Å². The van der Waals surface area contributed by atoms with Gasteiger partial charge in [-0.05, 0) is 0 Å². The minimum Gasteiger partial charge on any atom is -0.469 e. The van der Waals surface area contributed by atoms with E-state index < -0.39 is 11.4 Å². The predicted octanol–water partition coefficient (Wildman–Crippen LogP) is 1.17. The molecule has 0 aliphatic heterocycles. The molecule has 0 saturated heterocycles. The van der Waals surface area contributed by atoms with E-state index in [0.29, 0.717) is 6.42 Å². The molecule has 72 valence electrons. The maximum Gasteiger partial charge on any atom is 0.313 e. The Balaban J connectivity index is 4.26. The minimum atomic E-state index is -0.636. The molecule has 0 saturated carbocycles. The summed E-state index contributed by atoms with van der Waals surface area (Å²) in [6.07, 6.45) is 5.23. The molecule has 13 heavy (non-hydrogen) atoms. The van der Waals surface area contributed by atoms with Crippen molar-refractivity contribution in [3.63, 3.8) is 0 Å². The average molecular weight is 182 g/mol. The van der Waals surface area contributed by atoms with Crippen LogP contribution in [0.15, 0.2) is 0 Å². The van der Waals surface area contributed by atoms with Gasteiger partial charge in [0, 0.05) is 11.8 Å². The fourth-order valence-electron chi connectivity index (χ4n) is 0.796. The van der Waals surface area contributed by atoms with Gasteiger partial charge in [-0.25, -0.2) is 0 Å². The predicted molar refractivity (Wildman–Crippen MR) is 48.9 cm³/mol. The first kappa shape index (κ1) is 11.7. The van der Waals surface area contributed by atoms with Gasteiger partial charge in [-0.1, -0.05) is 13.8 Å². The van der Waals surface area contributed by atoms with Crippen molar-refractivity contribution >= 4 is 11.8 Å². The van der Waals surface area contributed by atoms with E-state index in [2.05, 4.69) is 10.7 Å². The number of terminal acetylenes is 1. The van der Waals surface area contributed by atoms with Crippen LogP contribution in [0.25, 0.3) is 0 Å². The van der Waals surface area contributed by atoms with Gasteiger partial charge in [0.1, 0.15) is 6.42 Å². The number of ketones is 1. The second kappa shape index (κ2) is 4.66. The highest BCUT2D eigenvalue weighted by Crippen LogP contribution is 2.22. The molecular formula is C10H14O3. The molecule has 0 aromatic rings. The number of rotatable bonds is 4. The van der Waals surface area contributed by atoms with E-state index in [4.69, 9.17) is 6.42 Å². The van der Waals surface area contributed by atoms with Gasteiger partial charge in [0.25, 0.3) is 0 Å². The largest absolute Gasteiger partial charge is 0.469 e. The highest BCUT2D eigenvalue weighted by molar-refractivity contribution is 5.98. The summed E-state index contributed by atoms with van der Waals surface area (Å²) >= 11 is 0. The summed E-state index contributed by atoms with van der Waals surface area (Å²) in [6, 6.07) is 0. The Morgan fingerprint density at radius 3 is 2.38 bits per heavy atom. The lowest BCUT2D eigenvalue weighted by Gasteiger charge is -2.18. The van der Waals surface area contributed by atoms with Crippen LogP contribution in [0.5, 0.6) is 0 Å². The second-order valence-electron chi connectivity index (χ2n) is 3.44. The summed E-state index contributed by atoms with van der Waals surface area (Å²) in [5.74, 6) is 1.71. The van der Waals surface area contributed by atoms with Crippen LogP contribution < -0.4 is 0 Å². The number of hydrogen-bond acceptors (Lipinski definition) is 3. The summed E-state index contributed by atoms with van der Waals surface area (Å²) in [6.45, 7) is 3.44. The molecule has 0 spiro atoms. The average Bonchev–Trinajstić information content (AvgIpc) is 2.04. The van der Waals surface area contributed by atoms with Gasteiger partial charge >= 0.3 is 5.97 Å². The molecule has 0 rings (SSSR count). The normalized spacial score (nSPS) is 10.3. The highest BCUT2D eigenvalue weighted by Gasteiger charge is 2.28. The molecule has 0 atom stereocenters. The molecule has 0 aromatic heterocycles. The fourth-order valence-corrected chi connectivity index (χ4v) is 0.796. The lowest BCUT2D eigenvalue weighted by Crippen LogP contribution is -2.26. The molecular weight excluding hydrogens is 168 g/mol. The number of carbonyl (C=O) groups is 2. The molecule has 0 amide bonds. The van der Waals surface area contributed by atoms with E-state index in [9.17, 15) is 9.59 Å². The SMILES string of the molecule is C#CCC(C)(C)C(=O)CC(=O)OC. The minimum absolute atomic E-state index is 0.183. The van der Waals surface area contributed by atoms with Gasteiger partial charge in [0.2, 0.25) is 0 Å². The van der Waals surface area contributed by atoms with Gasteiger partial charge in [-0.15, -0.1) is 12.3 Å². The van der Waals surface area contributed by atoms with Gasteiger partial charge in [0.15, 0.2) is 5.78 Å². The van der Waals surface area contributed by atoms with E-state index >= 15 is 0 Å². The fraction of sp³-hybridized carbons (Fsp3) is 0.600. The van der Waals surface area contributed by atoms with Crippen LogP contribution in [0, 0.1) is 17.8 Å². The van der Waals surface area contributed by atoms with E-state index in [-0.39, 0.29) is 12.2 Å². The van der Waals surface area contributed by atoms with Crippen LogP contribution in [-0.4, -0.2) is 18.9 Å². The molecule has 0 radical (unpaired) electrons. The van der Waals surface area contributed by atoms with Crippen molar-refractivity contribution < 1.29 is 14.3 Å². The number of methoxy groups -OCH3 is 1. The van der Waals surface area contributed by atoms with Crippen LogP contribution in [0.1, 0.15) is 26.7 Å². The number of carbonyl (C=O) groups excluding carboxylic acids is 2. The zero-order valence-electron chi connectivity index (χ0n) is 8.22. The molecule has 0 aliphatic carbocycles. The molecule has 0 bridgehead atoms. The molecule has 0 N–H and O–H groups in total. The van der Waals surface area contributed by atoms with Crippen molar-refractivity contribution in [3.8, 4) is 12.3 Å². The summed E-state index contributed by atoms with van der Waals surface area (Å²) in [5, 5.41) is 0. The topological polar surface area (TPSA) is 43.4 Å². The Morgan fingerprint density at radius 2 is 2.00 bits per heavy atom. The van der Waals surface area contributed by atoms with Crippen LogP contribution in [0.2, 0.25) is 0 Å². The van der Waals surface area contributed by atoms with Crippen LogP contribution >= 0.6 is 0 Å². The quantitative estimate of drug-likeness (QED) is 0.372. The number of esters is 1. The maximum absolute atomic E-state index is 11.4. The van der Waals surface area contributed by atoms with Crippen molar-refractivity contribution in [1.29, 1.82) is 0 Å². The van der Waals surface area contributed by atoms with Gasteiger partial charge < -0.3 is 4.74 Å². The first-order valence-electron chi connectivity index (χ1n) is 3.97. The van der Waals surface area contributed by atoms with Crippen LogP contribution in [0.4, 0.5) is 0 Å². The summed E-state index contributed by atoms with van der Waals surface area (Å²) < 4.78 is 4.38. The molecule has 0 heterocycles. The Bertz CT molecular complexity index is 245. The molecule has 0 fully saturated rings. The molecule has 3 heteroatoms. The van der Waals surface area contributed by atoms with Gasteiger partial charge in [0.05, 0.1) is 7.11 Å². The van der Waals surface area contributed by atoms with E-state index in [1.807, 2.05) is 0 Å². The Morgan fingerprint density at radius 1 is 1.46 bits per heavy atom. The Hall–Kier alpha value is -1.30. The summed E-state index contributed by atoms with van der Waals surface area (Å²) in [5.41, 5.74) is -0.636. The maximum atomic E-state index is 11.4. The lowest BCUT2D eigenvalue weighted by atomic mass is 9.83. The smallest absolute Gasteiger partial charge is 0.313 e. The van der Waals surface area contributed by atoms with Gasteiger partial charge in [-0.2, -0.15) is 0 Å². The van der Waals surface area contributed by atoms with E-state index in [1.165, 1.54) is 7.11 Å². The number of hydrogen-bond donors (Lipinski definition) is 0. The van der Waals surface area contributed by atoms with Crippen molar-refractivity contribution in [2.45, 2.75) is 26.7 Å². The van der Waals surface area contributed by atoms with E-state index in [1.54, 1.807) is 13.8 Å². The third-order valence-electron chi connectivity index (χ3n) is 1.83. The van der Waals surface area contributed by atoms with Gasteiger partial charge in [-0.3, -0.25) is 9.59 Å². The first-order chi connectivity index (χ1) is 5.94. The van der Waals surface area contributed by atoms with Crippen molar-refractivity contribution in [1.82, 2.24) is 0 Å². The first-order valence-corrected chi connectivity index (χ1v) is 3.97. The lowest BCUT2D eigenvalue weighted by molar-refractivity contribution is -0.145. The summed E-state index contributed by atoms with van der Waals surface area (Å²) in [4.78, 5) is 22.2. The highest BCUT2D eigenvalue weighted by atomic mass is 16.5. The molecule has 0 unspecified atom stereocenters. The van der Waals surface area contributed by atoms with Crippen molar-refractivity contribution in [2.75, 3.05) is 7.11 Å².